The number of carbonyl (C=O) groups excluding carboxylic acids is 2. The highest BCUT2D eigenvalue weighted by molar-refractivity contribution is 6.33. The summed E-state index contributed by atoms with van der Waals surface area (Å²) in [5, 5.41) is 0.623. The first-order chi connectivity index (χ1) is 7.13. The number of benzene rings is 1. The number of esters is 1. The quantitative estimate of drug-likeness (QED) is 0.583. The van der Waals surface area contributed by atoms with E-state index < -0.39 is 11.8 Å². The van der Waals surface area contributed by atoms with Gasteiger partial charge in [0.15, 0.2) is 0 Å². The third kappa shape index (κ3) is 3.72. The molecular weight excluding hydrogens is 216 g/mol. The number of methoxy groups -OCH3 is 1. The van der Waals surface area contributed by atoms with Gasteiger partial charge in [-0.3, -0.25) is 4.79 Å². The third-order valence-electron chi connectivity index (χ3n) is 1.94. The monoisotopic (exact) mass is 226 g/mol. The topological polar surface area (TPSA) is 43.4 Å². The van der Waals surface area contributed by atoms with Crippen LogP contribution in [0, 0.1) is 0 Å². The number of rotatable bonds is 4. The Labute approximate surface area is 93.0 Å². The van der Waals surface area contributed by atoms with Crippen molar-refractivity contribution >= 4 is 23.4 Å². The molecule has 1 aromatic carbocycles. The molecule has 0 unspecified atom stereocenters. The van der Waals surface area contributed by atoms with Crippen molar-refractivity contribution in [1.82, 2.24) is 0 Å². The highest BCUT2D eigenvalue weighted by Gasteiger charge is 2.13. The molecule has 0 saturated heterocycles. The molecule has 0 heterocycles. The lowest BCUT2D eigenvalue weighted by Gasteiger charge is -2.00. The van der Waals surface area contributed by atoms with Gasteiger partial charge in [-0.15, -0.1) is 0 Å². The summed E-state index contributed by atoms with van der Waals surface area (Å²) in [6.45, 7) is 0. The van der Waals surface area contributed by atoms with Crippen LogP contribution in [0.4, 0.5) is 0 Å². The molecule has 0 aliphatic heterocycles. The average molecular weight is 227 g/mol. The Kier molecular flexibility index (Phi) is 4.31. The zero-order chi connectivity index (χ0) is 11.3. The summed E-state index contributed by atoms with van der Waals surface area (Å²) in [4.78, 5) is 21.9. The van der Waals surface area contributed by atoms with Gasteiger partial charge in [-0.25, -0.2) is 4.79 Å². The highest BCUT2D eigenvalue weighted by Crippen LogP contribution is 2.12. The fourth-order valence-electron chi connectivity index (χ4n) is 1.17. The van der Waals surface area contributed by atoms with E-state index in [4.69, 9.17) is 11.6 Å². The maximum absolute atomic E-state index is 11.1. The summed E-state index contributed by atoms with van der Waals surface area (Å²) in [6.07, 6.45) is 0.640. The molecular formula is C11H11ClO3. The molecule has 1 aromatic rings. The first kappa shape index (κ1) is 11.7. The van der Waals surface area contributed by atoms with Crippen LogP contribution in [0.15, 0.2) is 24.3 Å². The van der Waals surface area contributed by atoms with Crippen LogP contribution in [0.5, 0.6) is 0 Å². The van der Waals surface area contributed by atoms with Crippen molar-refractivity contribution in [3.05, 3.63) is 34.9 Å². The lowest BCUT2D eigenvalue weighted by molar-refractivity contribution is -0.151. The van der Waals surface area contributed by atoms with E-state index in [0.717, 1.165) is 5.56 Å². The number of carbonyl (C=O) groups is 2. The maximum Gasteiger partial charge on any atom is 0.374 e. The number of hydrogen-bond donors (Lipinski definition) is 0. The first-order valence-corrected chi connectivity index (χ1v) is 4.87. The van der Waals surface area contributed by atoms with Crippen LogP contribution in [-0.4, -0.2) is 18.9 Å². The summed E-state index contributed by atoms with van der Waals surface area (Å²) in [7, 11) is 1.19. The summed E-state index contributed by atoms with van der Waals surface area (Å²) < 4.78 is 4.31. The number of Topliss-reactive ketones (excluding diaryl/α,β-unsaturated/α-hetero) is 1. The summed E-state index contributed by atoms with van der Waals surface area (Å²) in [5.74, 6) is -1.31. The minimum absolute atomic E-state index is 0.146. The number of ketones is 1. The molecule has 0 atom stereocenters. The SMILES string of the molecule is COC(=O)C(=O)CCc1cccc(Cl)c1. The summed E-state index contributed by atoms with van der Waals surface area (Å²) in [6, 6.07) is 7.19. The van der Waals surface area contributed by atoms with E-state index >= 15 is 0 Å². The molecule has 15 heavy (non-hydrogen) atoms. The molecule has 0 N–H and O–H groups in total. The molecule has 0 aliphatic carbocycles. The van der Waals surface area contributed by atoms with E-state index in [9.17, 15) is 9.59 Å². The van der Waals surface area contributed by atoms with Crippen LogP contribution in [0.3, 0.4) is 0 Å². The second-order valence-electron chi connectivity index (χ2n) is 3.04. The third-order valence-corrected chi connectivity index (χ3v) is 2.18. The van der Waals surface area contributed by atoms with E-state index in [1.54, 1.807) is 18.2 Å². The summed E-state index contributed by atoms with van der Waals surface area (Å²) >= 11 is 5.77. The van der Waals surface area contributed by atoms with Crippen molar-refractivity contribution in [2.45, 2.75) is 12.8 Å². The molecule has 0 bridgehead atoms. The molecule has 1 rings (SSSR count). The van der Waals surface area contributed by atoms with E-state index in [1.807, 2.05) is 6.07 Å². The van der Waals surface area contributed by atoms with Crippen molar-refractivity contribution in [3.63, 3.8) is 0 Å². The van der Waals surface area contributed by atoms with Crippen molar-refractivity contribution in [1.29, 1.82) is 0 Å². The number of aryl methyl sites for hydroxylation is 1. The zero-order valence-electron chi connectivity index (χ0n) is 8.33. The molecule has 0 aromatic heterocycles. The van der Waals surface area contributed by atoms with Crippen LogP contribution in [-0.2, 0) is 20.7 Å². The van der Waals surface area contributed by atoms with E-state index in [1.165, 1.54) is 7.11 Å². The lowest BCUT2D eigenvalue weighted by Crippen LogP contribution is -2.15. The van der Waals surface area contributed by atoms with Crippen molar-refractivity contribution in [3.8, 4) is 0 Å². The van der Waals surface area contributed by atoms with E-state index in [0.29, 0.717) is 11.4 Å². The van der Waals surface area contributed by atoms with Gasteiger partial charge in [0.1, 0.15) is 0 Å². The van der Waals surface area contributed by atoms with Gasteiger partial charge in [0.2, 0.25) is 5.78 Å². The van der Waals surface area contributed by atoms with Gasteiger partial charge in [-0.2, -0.15) is 0 Å². The Balaban J connectivity index is 2.50. The van der Waals surface area contributed by atoms with Gasteiger partial charge >= 0.3 is 5.97 Å². The zero-order valence-corrected chi connectivity index (χ0v) is 9.08. The predicted molar refractivity (Wildman–Crippen MR) is 56.8 cm³/mol. The summed E-state index contributed by atoms with van der Waals surface area (Å²) in [5.41, 5.74) is 0.930. The fraction of sp³-hybridized carbons (Fsp3) is 0.273. The minimum atomic E-state index is -0.794. The number of halogens is 1. The predicted octanol–water partition coefficient (Wildman–Crippen LogP) is 2.01. The molecule has 0 aliphatic rings. The van der Waals surface area contributed by atoms with E-state index in [2.05, 4.69) is 4.74 Å². The largest absolute Gasteiger partial charge is 0.463 e. The Bertz CT molecular complexity index is 374. The highest BCUT2D eigenvalue weighted by atomic mass is 35.5. The van der Waals surface area contributed by atoms with Crippen LogP contribution >= 0.6 is 11.6 Å². The van der Waals surface area contributed by atoms with Crippen LogP contribution in [0.1, 0.15) is 12.0 Å². The van der Waals surface area contributed by atoms with Gasteiger partial charge in [0.25, 0.3) is 0 Å². The van der Waals surface area contributed by atoms with Gasteiger partial charge in [-0.1, -0.05) is 23.7 Å². The average Bonchev–Trinajstić information content (AvgIpc) is 2.25. The number of ether oxygens (including phenoxy) is 1. The molecule has 0 fully saturated rings. The van der Waals surface area contributed by atoms with Gasteiger partial charge < -0.3 is 4.74 Å². The molecule has 0 amide bonds. The van der Waals surface area contributed by atoms with Crippen molar-refractivity contribution in [2.24, 2.45) is 0 Å². The molecule has 0 saturated carbocycles. The molecule has 80 valence electrons. The fourth-order valence-corrected chi connectivity index (χ4v) is 1.38. The Morgan fingerprint density at radius 1 is 1.40 bits per heavy atom. The minimum Gasteiger partial charge on any atom is -0.463 e. The first-order valence-electron chi connectivity index (χ1n) is 4.49. The van der Waals surface area contributed by atoms with E-state index in [-0.39, 0.29) is 6.42 Å². The molecule has 0 radical (unpaired) electrons. The Morgan fingerprint density at radius 3 is 2.73 bits per heavy atom. The smallest absolute Gasteiger partial charge is 0.374 e. The van der Waals surface area contributed by atoms with Crippen molar-refractivity contribution < 1.29 is 14.3 Å². The van der Waals surface area contributed by atoms with Gasteiger partial charge in [0, 0.05) is 11.4 Å². The lowest BCUT2D eigenvalue weighted by atomic mass is 10.1. The number of hydrogen-bond acceptors (Lipinski definition) is 3. The van der Waals surface area contributed by atoms with Crippen LogP contribution in [0.25, 0.3) is 0 Å². The van der Waals surface area contributed by atoms with Crippen molar-refractivity contribution in [2.75, 3.05) is 7.11 Å². The second-order valence-corrected chi connectivity index (χ2v) is 3.48. The standard InChI is InChI=1S/C11H11ClO3/c1-15-11(14)10(13)6-5-8-3-2-4-9(12)7-8/h2-4,7H,5-6H2,1H3. The van der Waals surface area contributed by atoms with Crippen LogP contribution < -0.4 is 0 Å². The molecule has 4 heteroatoms. The molecule has 3 nitrogen and oxygen atoms in total. The second kappa shape index (κ2) is 5.51. The normalized spacial score (nSPS) is 9.73. The van der Waals surface area contributed by atoms with Gasteiger partial charge in [0.05, 0.1) is 7.11 Å². The Morgan fingerprint density at radius 2 is 2.13 bits per heavy atom. The molecule has 0 spiro atoms. The Hall–Kier alpha value is -1.35. The van der Waals surface area contributed by atoms with Crippen LogP contribution in [0.2, 0.25) is 5.02 Å². The maximum atomic E-state index is 11.1. The van der Waals surface area contributed by atoms with Gasteiger partial charge in [-0.05, 0) is 24.1 Å².